The molecule has 0 saturated carbocycles. The predicted molar refractivity (Wildman–Crippen MR) is 77.0 cm³/mol. The summed E-state index contributed by atoms with van der Waals surface area (Å²) in [5, 5.41) is 18.5. The second kappa shape index (κ2) is 10.4. The van der Waals surface area contributed by atoms with Gasteiger partial charge < -0.3 is 9.50 Å². The number of aliphatic hydroxyl groups is 1. The lowest BCUT2D eigenvalue weighted by Gasteiger charge is -2.41. The lowest BCUT2D eigenvalue weighted by molar-refractivity contribution is -0.781. The lowest BCUT2D eigenvalue weighted by atomic mass is 9.90. The lowest BCUT2D eigenvalue weighted by Crippen LogP contribution is -2.47. The van der Waals surface area contributed by atoms with E-state index < -0.39 is 0 Å². The van der Waals surface area contributed by atoms with Crippen molar-refractivity contribution < 1.29 is 9.50 Å². The molecule has 0 bridgehead atoms. The number of nitrogens with zero attached hydrogens (tertiary/aromatic N) is 2. The van der Waals surface area contributed by atoms with Crippen molar-refractivity contribution in [2.75, 3.05) is 20.6 Å². The van der Waals surface area contributed by atoms with Crippen molar-refractivity contribution in [1.82, 2.24) is 0 Å². The summed E-state index contributed by atoms with van der Waals surface area (Å²) in [6.07, 6.45) is 9.48. The molecular formula is C14H29BN2O. The summed E-state index contributed by atoms with van der Waals surface area (Å²) < 4.78 is 0.466. The van der Waals surface area contributed by atoms with Crippen LogP contribution in [0.1, 0.15) is 58.3 Å². The van der Waals surface area contributed by atoms with Crippen LogP contribution in [0, 0.1) is 11.2 Å². The Morgan fingerprint density at radius 2 is 1.67 bits per heavy atom. The maximum absolute atomic E-state index is 9.91. The van der Waals surface area contributed by atoms with Gasteiger partial charge in [-0.1, -0.05) is 51.9 Å². The quantitative estimate of drug-likeness (QED) is 0.454. The summed E-state index contributed by atoms with van der Waals surface area (Å²) in [5.74, 6) is 2.05. The average Bonchev–Trinajstić information content (AvgIpc) is 2.27. The Morgan fingerprint density at radius 3 is 2.22 bits per heavy atom. The van der Waals surface area contributed by atoms with Crippen LogP contribution in [0.3, 0.4) is 0 Å². The summed E-state index contributed by atoms with van der Waals surface area (Å²) in [7, 11) is 5.45. The molecule has 0 saturated heterocycles. The molecule has 18 heavy (non-hydrogen) atoms. The van der Waals surface area contributed by atoms with Gasteiger partial charge in [0.05, 0.1) is 12.6 Å². The van der Waals surface area contributed by atoms with Crippen molar-refractivity contribution in [3.63, 3.8) is 0 Å². The molecule has 0 aliphatic rings. The number of likely N-dealkylation sites (N-methyl/N-ethyl adjacent to an activating group) is 1. The van der Waals surface area contributed by atoms with E-state index in [9.17, 15) is 5.11 Å². The molecule has 4 heteroatoms. The molecule has 3 nitrogen and oxygen atoms in total. The van der Waals surface area contributed by atoms with Crippen molar-refractivity contribution in [3.8, 4) is 5.97 Å². The molecular weight excluding hydrogens is 223 g/mol. The Bertz CT molecular complexity index is 238. The van der Waals surface area contributed by atoms with Crippen LogP contribution >= 0.6 is 0 Å². The molecule has 2 radical (unpaired) electrons. The molecule has 0 spiro atoms. The number of rotatable bonds is 11. The van der Waals surface area contributed by atoms with Gasteiger partial charge in [0.25, 0.3) is 0 Å². The normalized spacial score (nSPS) is 13.3. The summed E-state index contributed by atoms with van der Waals surface area (Å²) in [6.45, 7) is 2.86. The zero-order chi connectivity index (χ0) is 13.9. The fraction of sp³-hybridized carbons (Fsp3) is 0.929. The van der Waals surface area contributed by atoms with Gasteiger partial charge in [0.2, 0.25) is 0 Å². The molecule has 0 aromatic heterocycles. The number of aliphatic hydroxyl groups excluding tert-OH is 1. The molecule has 1 atom stereocenters. The maximum atomic E-state index is 9.91. The molecule has 0 fully saturated rings. The van der Waals surface area contributed by atoms with Crippen LogP contribution in [-0.4, -0.2) is 43.7 Å². The van der Waals surface area contributed by atoms with Crippen LogP contribution in [0.4, 0.5) is 0 Å². The van der Waals surface area contributed by atoms with E-state index in [1.54, 1.807) is 7.41 Å². The Balaban J connectivity index is 3.48. The van der Waals surface area contributed by atoms with Crippen molar-refractivity contribution in [3.05, 3.63) is 0 Å². The third kappa shape index (κ3) is 10.6. The highest BCUT2D eigenvalue weighted by Gasteiger charge is 2.12. The largest absolute Gasteiger partial charge is 0.550 e. The molecule has 0 aromatic carbocycles. The monoisotopic (exact) mass is 252 g/mol. The molecule has 0 aliphatic heterocycles. The third-order valence-electron chi connectivity index (χ3n) is 3.23. The summed E-state index contributed by atoms with van der Waals surface area (Å²) in [6, 6.07) is 0. The predicted octanol–water partition coefficient (Wildman–Crippen LogP) is 2.66. The Labute approximate surface area is 114 Å². The van der Waals surface area contributed by atoms with E-state index in [2.05, 4.69) is 6.92 Å². The molecule has 0 rings (SSSR count). The first-order valence-corrected chi connectivity index (χ1v) is 7.26. The van der Waals surface area contributed by atoms with Gasteiger partial charge in [-0.3, -0.25) is 0 Å². The average molecular weight is 252 g/mol. The van der Waals surface area contributed by atoms with E-state index in [-0.39, 0.29) is 6.10 Å². The molecule has 1 unspecified atom stereocenters. The van der Waals surface area contributed by atoms with Gasteiger partial charge in [-0.2, -0.15) is 0 Å². The van der Waals surface area contributed by atoms with E-state index >= 15 is 0 Å². The first-order valence-electron chi connectivity index (χ1n) is 7.26. The van der Waals surface area contributed by atoms with Gasteiger partial charge >= 0.3 is 0 Å². The van der Waals surface area contributed by atoms with E-state index in [1.165, 1.54) is 38.5 Å². The van der Waals surface area contributed by atoms with E-state index in [0.717, 1.165) is 12.8 Å². The van der Waals surface area contributed by atoms with Gasteiger partial charge in [-0.15, -0.1) is 5.97 Å². The van der Waals surface area contributed by atoms with Gasteiger partial charge in [0, 0.05) is 14.1 Å². The standard InChI is InChI=1S/C14H29BN2O/c1-4-5-6-7-8-9-10-11-14(18)12-17(2,3)15-13-16/h14,18H,4-12H2,1-3H3. The molecule has 0 heterocycles. The van der Waals surface area contributed by atoms with Gasteiger partial charge in [-0.25, -0.2) is 5.26 Å². The van der Waals surface area contributed by atoms with Crippen LogP contribution in [0.25, 0.3) is 0 Å². The zero-order valence-corrected chi connectivity index (χ0v) is 12.4. The number of quaternary nitrogens is 1. The van der Waals surface area contributed by atoms with Crippen LogP contribution in [-0.2, 0) is 0 Å². The second-order valence-corrected chi connectivity index (χ2v) is 5.78. The van der Waals surface area contributed by atoms with Crippen molar-refractivity contribution in [2.45, 2.75) is 64.4 Å². The van der Waals surface area contributed by atoms with Gasteiger partial charge in [0.1, 0.15) is 7.41 Å². The minimum atomic E-state index is -0.291. The molecule has 0 amide bonds. The van der Waals surface area contributed by atoms with Crippen LogP contribution in [0.15, 0.2) is 0 Å². The third-order valence-corrected chi connectivity index (χ3v) is 3.23. The maximum Gasteiger partial charge on any atom is 0.126 e. The topological polar surface area (TPSA) is 44.0 Å². The molecule has 0 aromatic rings. The summed E-state index contributed by atoms with van der Waals surface area (Å²) in [4.78, 5) is 0. The first kappa shape index (κ1) is 17.5. The van der Waals surface area contributed by atoms with Gasteiger partial charge in [-0.05, 0) is 6.42 Å². The first-order chi connectivity index (χ1) is 8.52. The summed E-state index contributed by atoms with van der Waals surface area (Å²) >= 11 is 0. The SMILES string of the molecule is CCCCCCCCCC(O)C[N+](C)(C)[B-]C#N. The zero-order valence-electron chi connectivity index (χ0n) is 12.4. The number of hydrogen-bond acceptors (Lipinski definition) is 2. The molecule has 0 aliphatic carbocycles. The Morgan fingerprint density at radius 1 is 1.11 bits per heavy atom. The van der Waals surface area contributed by atoms with Crippen LogP contribution in [0.2, 0.25) is 0 Å². The van der Waals surface area contributed by atoms with E-state index in [0.29, 0.717) is 10.9 Å². The summed E-state index contributed by atoms with van der Waals surface area (Å²) in [5.41, 5.74) is 0. The van der Waals surface area contributed by atoms with Gasteiger partial charge in [0.15, 0.2) is 0 Å². The fourth-order valence-electron chi connectivity index (χ4n) is 2.18. The van der Waals surface area contributed by atoms with Crippen molar-refractivity contribution in [2.24, 2.45) is 0 Å². The number of unbranched alkanes of at least 4 members (excludes halogenated alkanes) is 6. The second-order valence-electron chi connectivity index (χ2n) is 5.78. The van der Waals surface area contributed by atoms with Crippen LogP contribution in [0.5, 0.6) is 0 Å². The molecule has 104 valence electrons. The Hall–Kier alpha value is -0.525. The van der Waals surface area contributed by atoms with E-state index in [4.69, 9.17) is 5.26 Å². The fourth-order valence-corrected chi connectivity index (χ4v) is 2.18. The minimum absolute atomic E-state index is 0.291. The molecule has 1 N–H and O–H groups in total. The van der Waals surface area contributed by atoms with Crippen molar-refractivity contribution >= 4 is 7.41 Å². The van der Waals surface area contributed by atoms with Crippen LogP contribution < -0.4 is 0 Å². The van der Waals surface area contributed by atoms with Crippen molar-refractivity contribution in [1.29, 1.82) is 5.26 Å². The smallest absolute Gasteiger partial charge is 0.126 e. The number of hydrogen-bond donors (Lipinski definition) is 1. The van der Waals surface area contributed by atoms with E-state index in [1.807, 2.05) is 20.1 Å². The highest BCUT2D eigenvalue weighted by Crippen LogP contribution is 2.11. The minimum Gasteiger partial charge on any atom is -0.550 e. The highest BCUT2D eigenvalue weighted by molar-refractivity contribution is 6.36. The Kier molecular flexibility index (Phi) is 10.1. The highest BCUT2D eigenvalue weighted by atomic mass is 16.3. The number of nitriles is 1.